The Kier molecular flexibility index (Phi) is 7.10. The SMILES string of the molecule is C=C(C)C(=O)NC(C)(C)CC[N+](C)(C)CCC(=O)N(C)C. The van der Waals surface area contributed by atoms with Crippen molar-refractivity contribution in [3.8, 4) is 0 Å². The van der Waals surface area contributed by atoms with Crippen LogP contribution in [0.25, 0.3) is 0 Å². The Morgan fingerprint density at radius 2 is 1.71 bits per heavy atom. The lowest BCUT2D eigenvalue weighted by Crippen LogP contribution is -2.50. The third-order valence-corrected chi connectivity index (χ3v) is 3.61. The summed E-state index contributed by atoms with van der Waals surface area (Å²) in [6.45, 7) is 11.1. The van der Waals surface area contributed by atoms with Gasteiger partial charge in [0.15, 0.2) is 0 Å². The number of nitrogens with zero attached hydrogens (tertiary/aromatic N) is 2. The summed E-state index contributed by atoms with van der Waals surface area (Å²) in [5.74, 6) is 0.0455. The van der Waals surface area contributed by atoms with Crippen LogP contribution in [0.3, 0.4) is 0 Å². The molecule has 0 aromatic heterocycles. The lowest BCUT2D eigenvalue weighted by Gasteiger charge is -2.34. The summed E-state index contributed by atoms with van der Waals surface area (Å²) in [5.41, 5.74) is 0.241. The lowest BCUT2D eigenvalue weighted by molar-refractivity contribution is -0.890. The number of hydrogen-bond acceptors (Lipinski definition) is 2. The number of quaternary nitrogens is 1. The van der Waals surface area contributed by atoms with E-state index in [1.807, 2.05) is 13.8 Å². The van der Waals surface area contributed by atoms with Crippen LogP contribution in [0.4, 0.5) is 0 Å². The van der Waals surface area contributed by atoms with E-state index in [9.17, 15) is 9.59 Å². The first-order chi connectivity index (χ1) is 9.36. The van der Waals surface area contributed by atoms with Crippen LogP contribution in [-0.2, 0) is 9.59 Å². The molecule has 0 atom stereocenters. The van der Waals surface area contributed by atoms with Gasteiger partial charge in [-0.1, -0.05) is 6.58 Å². The maximum absolute atomic E-state index is 11.7. The average Bonchev–Trinajstić information content (AvgIpc) is 2.33. The van der Waals surface area contributed by atoms with Crippen molar-refractivity contribution in [3.63, 3.8) is 0 Å². The first-order valence-electron chi connectivity index (χ1n) is 7.36. The van der Waals surface area contributed by atoms with Gasteiger partial charge in [0.25, 0.3) is 0 Å². The maximum Gasteiger partial charge on any atom is 0.246 e. The van der Waals surface area contributed by atoms with Crippen molar-refractivity contribution in [3.05, 3.63) is 12.2 Å². The van der Waals surface area contributed by atoms with Crippen molar-refractivity contribution in [1.82, 2.24) is 10.2 Å². The normalized spacial score (nSPS) is 12.0. The fraction of sp³-hybridized carbons (Fsp3) is 0.750. The Balaban J connectivity index is 4.37. The highest BCUT2D eigenvalue weighted by atomic mass is 16.2. The van der Waals surface area contributed by atoms with Gasteiger partial charge in [0, 0.05) is 31.6 Å². The molecule has 0 aliphatic heterocycles. The van der Waals surface area contributed by atoms with Gasteiger partial charge in [-0.05, 0) is 20.8 Å². The Hall–Kier alpha value is -1.36. The van der Waals surface area contributed by atoms with E-state index in [2.05, 4.69) is 26.0 Å². The van der Waals surface area contributed by atoms with E-state index in [1.54, 1.807) is 25.9 Å². The van der Waals surface area contributed by atoms with E-state index in [0.29, 0.717) is 12.0 Å². The number of carbonyl (C=O) groups excluding carboxylic acids is 2. The first kappa shape index (κ1) is 19.6. The average molecular weight is 298 g/mol. The van der Waals surface area contributed by atoms with Gasteiger partial charge in [-0.25, -0.2) is 0 Å². The summed E-state index contributed by atoms with van der Waals surface area (Å²) in [4.78, 5) is 25.0. The molecule has 0 unspecified atom stereocenters. The molecule has 0 spiro atoms. The molecule has 0 aromatic rings. The molecule has 0 radical (unpaired) electrons. The van der Waals surface area contributed by atoms with Crippen LogP contribution in [0.5, 0.6) is 0 Å². The van der Waals surface area contributed by atoms with Crippen molar-refractivity contribution in [2.45, 2.75) is 39.2 Å². The topological polar surface area (TPSA) is 49.4 Å². The smallest absolute Gasteiger partial charge is 0.246 e. The number of hydrogen-bond donors (Lipinski definition) is 1. The summed E-state index contributed by atoms with van der Waals surface area (Å²) < 4.78 is 0.756. The van der Waals surface area contributed by atoms with Crippen LogP contribution >= 0.6 is 0 Å². The van der Waals surface area contributed by atoms with E-state index >= 15 is 0 Å². The number of nitrogens with one attached hydrogen (secondary N) is 1. The van der Waals surface area contributed by atoms with Gasteiger partial charge in [-0.3, -0.25) is 9.59 Å². The van der Waals surface area contributed by atoms with Crippen LogP contribution in [0, 0.1) is 0 Å². The molecule has 122 valence electrons. The van der Waals surface area contributed by atoms with Gasteiger partial charge < -0.3 is 14.7 Å². The molecule has 0 saturated heterocycles. The molecule has 5 heteroatoms. The summed E-state index contributed by atoms with van der Waals surface area (Å²) in [6.07, 6.45) is 1.38. The van der Waals surface area contributed by atoms with Crippen LogP contribution in [0.1, 0.15) is 33.6 Å². The molecule has 1 N–H and O–H groups in total. The summed E-state index contributed by atoms with van der Waals surface area (Å²) in [5, 5.41) is 2.99. The molecule has 0 heterocycles. The Morgan fingerprint density at radius 3 is 2.14 bits per heavy atom. The number of rotatable bonds is 8. The number of amides is 2. The van der Waals surface area contributed by atoms with Crippen molar-refractivity contribution >= 4 is 11.8 Å². The molecule has 0 saturated carbocycles. The summed E-state index contributed by atoms with van der Waals surface area (Å²) in [7, 11) is 7.77. The zero-order valence-electron chi connectivity index (χ0n) is 14.7. The molecule has 0 rings (SSSR count). The minimum atomic E-state index is -0.281. The highest BCUT2D eigenvalue weighted by Crippen LogP contribution is 2.13. The van der Waals surface area contributed by atoms with E-state index in [-0.39, 0.29) is 17.4 Å². The lowest BCUT2D eigenvalue weighted by atomic mass is 9.99. The first-order valence-corrected chi connectivity index (χ1v) is 7.36. The zero-order chi connectivity index (χ0) is 16.8. The molecule has 5 nitrogen and oxygen atoms in total. The maximum atomic E-state index is 11.7. The van der Waals surface area contributed by atoms with Crippen molar-refractivity contribution < 1.29 is 14.1 Å². The standard InChI is InChI=1S/C16H31N3O2/c1-13(2)15(21)17-16(3,4)10-12-19(7,8)11-9-14(20)18(5)6/h1,9-12H2,2-8H3/p+1. The van der Waals surface area contributed by atoms with Gasteiger partial charge in [0.05, 0.1) is 33.6 Å². The third kappa shape index (κ3) is 8.50. The minimum absolute atomic E-state index is 0.104. The van der Waals surface area contributed by atoms with Crippen molar-refractivity contribution in [1.29, 1.82) is 0 Å². The quantitative estimate of drug-likeness (QED) is 0.544. The van der Waals surface area contributed by atoms with E-state index < -0.39 is 0 Å². The van der Waals surface area contributed by atoms with Gasteiger partial charge in [-0.15, -0.1) is 0 Å². The summed E-state index contributed by atoms with van der Waals surface area (Å²) >= 11 is 0. The minimum Gasteiger partial charge on any atom is -0.349 e. The van der Waals surface area contributed by atoms with E-state index in [4.69, 9.17) is 0 Å². The molecule has 0 aliphatic carbocycles. The van der Waals surface area contributed by atoms with E-state index in [0.717, 1.165) is 24.0 Å². The molecule has 21 heavy (non-hydrogen) atoms. The van der Waals surface area contributed by atoms with E-state index in [1.165, 1.54) is 0 Å². The van der Waals surface area contributed by atoms with Crippen LogP contribution < -0.4 is 5.32 Å². The Bertz CT molecular complexity index is 398. The number of carbonyl (C=O) groups is 2. The molecular weight excluding hydrogens is 266 g/mol. The Morgan fingerprint density at radius 1 is 1.19 bits per heavy atom. The van der Waals surface area contributed by atoms with Gasteiger partial charge in [0.2, 0.25) is 11.8 Å². The Labute approximate surface area is 129 Å². The monoisotopic (exact) mass is 298 g/mol. The van der Waals surface area contributed by atoms with Crippen LogP contribution in [0.2, 0.25) is 0 Å². The van der Waals surface area contributed by atoms with Crippen molar-refractivity contribution in [2.24, 2.45) is 0 Å². The predicted octanol–water partition coefficient (Wildman–Crippen LogP) is 1.40. The molecule has 0 aliphatic rings. The molecule has 2 amide bonds. The van der Waals surface area contributed by atoms with Gasteiger partial charge in [-0.2, -0.15) is 0 Å². The second kappa shape index (κ2) is 7.59. The highest BCUT2D eigenvalue weighted by molar-refractivity contribution is 5.92. The fourth-order valence-electron chi connectivity index (χ4n) is 1.79. The molecule has 0 aromatic carbocycles. The highest BCUT2D eigenvalue weighted by Gasteiger charge is 2.26. The fourth-order valence-corrected chi connectivity index (χ4v) is 1.79. The predicted molar refractivity (Wildman–Crippen MR) is 86.8 cm³/mol. The van der Waals surface area contributed by atoms with Gasteiger partial charge in [0.1, 0.15) is 0 Å². The van der Waals surface area contributed by atoms with Crippen molar-refractivity contribution in [2.75, 3.05) is 41.3 Å². The summed E-state index contributed by atoms with van der Waals surface area (Å²) in [6, 6.07) is 0. The largest absolute Gasteiger partial charge is 0.349 e. The zero-order valence-corrected chi connectivity index (χ0v) is 14.7. The molecule has 0 fully saturated rings. The van der Waals surface area contributed by atoms with Gasteiger partial charge >= 0.3 is 0 Å². The van der Waals surface area contributed by atoms with Crippen LogP contribution in [-0.4, -0.2) is 68.0 Å². The molecule has 0 bridgehead atoms. The molecular formula is C16H32N3O2+. The van der Waals surface area contributed by atoms with Crippen LogP contribution in [0.15, 0.2) is 12.2 Å². The third-order valence-electron chi connectivity index (χ3n) is 3.61. The second-order valence-corrected chi connectivity index (χ2v) is 7.29. The second-order valence-electron chi connectivity index (χ2n) is 7.29.